The van der Waals surface area contributed by atoms with Gasteiger partial charge >= 0.3 is 0 Å². The standard InChI is InChI=1S/C13H27ClN2/c1-10(2)8-13(14,9-11(3)4)16-15-12(5,6)7/h10-11H,8-9H2,1-7H3/b16-15+. The van der Waals surface area contributed by atoms with Gasteiger partial charge in [0.05, 0.1) is 5.54 Å². The molecule has 0 aliphatic rings. The smallest absolute Gasteiger partial charge is 0.155 e. The van der Waals surface area contributed by atoms with Gasteiger partial charge in [0.1, 0.15) is 0 Å². The zero-order valence-electron chi connectivity index (χ0n) is 11.8. The lowest BCUT2D eigenvalue weighted by Gasteiger charge is -2.26. The van der Waals surface area contributed by atoms with Crippen LogP contribution in [-0.4, -0.2) is 10.5 Å². The first-order valence-electron chi connectivity index (χ1n) is 6.17. The van der Waals surface area contributed by atoms with Gasteiger partial charge in [0.25, 0.3) is 0 Å². The van der Waals surface area contributed by atoms with Gasteiger partial charge in [0.2, 0.25) is 0 Å². The molecule has 0 aliphatic carbocycles. The van der Waals surface area contributed by atoms with E-state index in [-0.39, 0.29) is 5.54 Å². The van der Waals surface area contributed by atoms with Crippen LogP contribution in [0.5, 0.6) is 0 Å². The molecule has 0 atom stereocenters. The Labute approximate surface area is 106 Å². The highest BCUT2D eigenvalue weighted by Gasteiger charge is 2.29. The molecule has 0 aromatic carbocycles. The predicted octanol–water partition coefficient (Wildman–Crippen LogP) is 5.26. The minimum absolute atomic E-state index is 0.145. The Morgan fingerprint density at radius 2 is 1.25 bits per heavy atom. The van der Waals surface area contributed by atoms with Crippen LogP contribution in [0.1, 0.15) is 61.3 Å². The van der Waals surface area contributed by atoms with Gasteiger partial charge in [-0.1, -0.05) is 39.3 Å². The van der Waals surface area contributed by atoms with Crippen molar-refractivity contribution in [1.29, 1.82) is 0 Å². The maximum atomic E-state index is 6.57. The molecule has 0 aliphatic heterocycles. The second-order valence-corrected chi connectivity index (χ2v) is 7.19. The monoisotopic (exact) mass is 246 g/mol. The predicted molar refractivity (Wildman–Crippen MR) is 72.1 cm³/mol. The third-order valence-corrected chi connectivity index (χ3v) is 2.36. The van der Waals surface area contributed by atoms with Gasteiger partial charge in [0.15, 0.2) is 5.00 Å². The highest BCUT2D eigenvalue weighted by Crippen LogP contribution is 2.34. The Bertz CT molecular complexity index is 217. The van der Waals surface area contributed by atoms with Crippen molar-refractivity contribution >= 4 is 11.6 Å². The molecular weight excluding hydrogens is 220 g/mol. The summed E-state index contributed by atoms with van der Waals surface area (Å²) >= 11 is 6.57. The van der Waals surface area contributed by atoms with E-state index in [2.05, 4.69) is 37.9 Å². The maximum Gasteiger partial charge on any atom is 0.155 e. The molecule has 96 valence electrons. The van der Waals surface area contributed by atoms with Gasteiger partial charge in [-0.05, 0) is 45.4 Å². The fourth-order valence-corrected chi connectivity index (χ4v) is 2.31. The van der Waals surface area contributed by atoms with Crippen molar-refractivity contribution in [1.82, 2.24) is 0 Å². The SMILES string of the molecule is CC(C)CC(Cl)(CC(C)C)/N=N/C(C)(C)C. The number of hydrogen-bond donors (Lipinski definition) is 0. The van der Waals surface area contributed by atoms with E-state index in [4.69, 9.17) is 11.6 Å². The highest BCUT2D eigenvalue weighted by atomic mass is 35.5. The number of hydrogen-bond acceptors (Lipinski definition) is 2. The highest BCUT2D eigenvalue weighted by molar-refractivity contribution is 6.23. The van der Waals surface area contributed by atoms with Crippen LogP contribution in [-0.2, 0) is 0 Å². The number of halogens is 1. The summed E-state index contributed by atoms with van der Waals surface area (Å²) in [6.45, 7) is 14.8. The Morgan fingerprint density at radius 3 is 1.50 bits per heavy atom. The molecule has 3 heteroatoms. The van der Waals surface area contributed by atoms with Crippen molar-refractivity contribution in [2.75, 3.05) is 0 Å². The van der Waals surface area contributed by atoms with Crippen LogP contribution >= 0.6 is 11.6 Å². The first-order chi connectivity index (χ1) is 7.04. The summed E-state index contributed by atoms with van der Waals surface area (Å²) < 4.78 is 0. The summed E-state index contributed by atoms with van der Waals surface area (Å²) in [6.07, 6.45) is 1.76. The molecule has 0 rings (SSSR count). The first-order valence-corrected chi connectivity index (χ1v) is 6.55. The number of nitrogens with zero attached hydrogens (tertiary/aromatic N) is 2. The fourth-order valence-electron chi connectivity index (χ4n) is 1.66. The van der Waals surface area contributed by atoms with Crippen LogP contribution in [0.2, 0.25) is 0 Å². The largest absolute Gasteiger partial charge is 0.187 e. The molecule has 0 aromatic heterocycles. The molecule has 0 heterocycles. The van der Waals surface area contributed by atoms with E-state index in [0.717, 1.165) is 12.8 Å². The van der Waals surface area contributed by atoms with E-state index in [1.807, 2.05) is 20.8 Å². The molecule has 0 bridgehead atoms. The van der Waals surface area contributed by atoms with E-state index < -0.39 is 5.00 Å². The van der Waals surface area contributed by atoms with Gasteiger partial charge in [-0.15, -0.1) is 0 Å². The van der Waals surface area contributed by atoms with Crippen LogP contribution in [0.25, 0.3) is 0 Å². The minimum Gasteiger partial charge on any atom is -0.187 e. The Morgan fingerprint density at radius 1 is 0.875 bits per heavy atom. The van der Waals surface area contributed by atoms with Crippen molar-refractivity contribution in [2.24, 2.45) is 22.1 Å². The number of rotatable bonds is 5. The topological polar surface area (TPSA) is 24.7 Å². The Kier molecular flexibility index (Phi) is 5.95. The molecule has 0 fully saturated rings. The molecule has 0 amide bonds. The van der Waals surface area contributed by atoms with E-state index in [1.165, 1.54) is 0 Å². The third-order valence-electron chi connectivity index (χ3n) is 1.97. The quantitative estimate of drug-likeness (QED) is 0.359. The number of azo groups is 1. The van der Waals surface area contributed by atoms with Crippen LogP contribution in [0.15, 0.2) is 10.2 Å². The third kappa shape index (κ3) is 8.09. The summed E-state index contributed by atoms with van der Waals surface area (Å²) in [6, 6.07) is 0. The van der Waals surface area contributed by atoms with Crippen LogP contribution in [0.4, 0.5) is 0 Å². The van der Waals surface area contributed by atoms with Crippen LogP contribution < -0.4 is 0 Å². The van der Waals surface area contributed by atoms with Gasteiger partial charge in [0, 0.05) is 0 Å². The molecule has 0 saturated carbocycles. The molecule has 0 spiro atoms. The van der Waals surface area contributed by atoms with Gasteiger partial charge in [-0.25, -0.2) is 0 Å². The zero-order valence-corrected chi connectivity index (χ0v) is 12.6. The molecule has 0 saturated heterocycles. The average molecular weight is 247 g/mol. The Balaban J connectivity index is 4.72. The fraction of sp³-hybridized carbons (Fsp3) is 1.00. The van der Waals surface area contributed by atoms with Crippen molar-refractivity contribution in [3.63, 3.8) is 0 Å². The molecule has 2 nitrogen and oxygen atoms in total. The normalized spacial score (nSPS) is 14.4. The van der Waals surface area contributed by atoms with Crippen molar-refractivity contribution in [3.05, 3.63) is 0 Å². The zero-order chi connectivity index (χ0) is 13.0. The van der Waals surface area contributed by atoms with E-state index in [0.29, 0.717) is 11.8 Å². The summed E-state index contributed by atoms with van der Waals surface area (Å²) in [5.41, 5.74) is -0.145. The molecule has 0 aromatic rings. The van der Waals surface area contributed by atoms with Gasteiger partial charge in [-0.3, -0.25) is 0 Å². The number of alkyl halides is 1. The molecule has 16 heavy (non-hydrogen) atoms. The van der Waals surface area contributed by atoms with Crippen molar-refractivity contribution in [2.45, 2.75) is 71.8 Å². The molecular formula is C13H27ClN2. The van der Waals surface area contributed by atoms with Crippen LogP contribution in [0.3, 0.4) is 0 Å². The Hall–Kier alpha value is -0.110. The summed E-state index contributed by atoms with van der Waals surface area (Å²) in [4.78, 5) is -0.518. The summed E-state index contributed by atoms with van der Waals surface area (Å²) in [5, 5.41) is 8.73. The van der Waals surface area contributed by atoms with Crippen LogP contribution in [0, 0.1) is 11.8 Å². The lowest BCUT2D eigenvalue weighted by atomic mass is 9.95. The molecule has 0 radical (unpaired) electrons. The average Bonchev–Trinajstić information content (AvgIpc) is 1.96. The van der Waals surface area contributed by atoms with E-state index in [1.54, 1.807) is 0 Å². The molecule has 0 N–H and O–H groups in total. The van der Waals surface area contributed by atoms with E-state index in [9.17, 15) is 0 Å². The van der Waals surface area contributed by atoms with Crippen molar-refractivity contribution in [3.8, 4) is 0 Å². The lowest BCUT2D eigenvalue weighted by molar-refractivity contribution is 0.357. The summed E-state index contributed by atoms with van der Waals surface area (Å²) in [5.74, 6) is 1.07. The first kappa shape index (κ1) is 15.9. The summed E-state index contributed by atoms with van der Waals surface area (Å²) in [7, 11) is 0. The second kappa shape index (κ2) is 6.00. The minimum atomic E-state index is -0.518. The molecule has 0 unspecified atom stereocenters. The van der Waals surface area contributed by atoms with Gasteiger partial charge < -0.3 is 0 Å². The second-order valence-electron chi connectivity index (χ2n) is 6.48. The lowest BCUT2D eigenvalue weighted by Crippen LogP contribution is -2.24. The van der Waals surface area contributed by atoms with Gasteiger partial charge in [-0.2, -0.15) is 10.2 Å². The van der Waals surface area contributed by atoms with E-state index >= 15 is 0 Å². The maximum absolute atomic E-state index is 6.57. The van der Waals surface area contributed by atoms with Crippen molar-refractivity contribution < 1.29 is 0 Å².